The molecule has 0 aliphatic carbocycles. The van der Waals surface area contributed by atoms with Gasteiger partial charge in [0.1, 0.15) is 11.8 Å². The molecule has 16 heavy (non-hydrogen) atoms. The third-order valence-electron chi connectivity index (χ3n) is 2.64. The van der Waals surface area contributed by atoms with Crippen LogP contribution in [0.1, 0.15) is 12.8 Å². The van der Waals surface area contributed by atoms with E-state index in [4.69, 9.17) is 9.57 Å². The quantitative estimate of drug-likeness (QED) is 0.727. The Morgan fingerprint density at radius 2 is 2.12 bits per heavy atom. The fourth-order valence-corrected chi connectivity index (χ4v) is 1.84. The van der Waals surface area contributed by atoms with Gasteiger partial charge in [-0.2, -0.15) is 0 Å². The molecule has 0 aromatic heterocycles. The minimum Gasteiger partial charge on any atom is -0.468 e. The molecule has 1 aromatic carbocycles. The van der Waals surface area contributed by atoms with Crippen LogP contribution >= 0.6 is 0 Å². The van der Waals surface area contributed by atoms with Crippen molar-refractivity contribution in [3.8, 4) is 5.75 Å². The molecule has 0 bridgehead atoms. The molecule has 1 aromatic rings. The molecule has 1 heterocycles. The van der Waals surface area contributed by atoms with Gasteiger partial charge in [0.15, 0.2) is 0 Å². The van der Waals surface area contributed by atoms with E-state index in [-0.39, 0.29) is 12.0 Å². The summed E-state index contributed by atoms with van der Waals surface area (Å²) in [5.41, 5.74) is 0. The molecule has 0 amide bonds. The average molecular weight is 221 g/mol. The highest BCUT2D eigenvalue weighted by Crippen LogP contribution is 2.21. The van der Waals surface area contributed by atoms with Gasteiger partial charge in [0, 0.05) is 6.54 Å². The number of esters is 1. The lowest BCUT2D eigenvalue weighted by Gasteiger charge is -2.22. The zero-order chi connectivity index (χ0) is 11.4. The van der Waals surface area contributed by atoms with Crippen molar-refractivity contribution in [2.45, 2.75) is 18.9 Å². The highest BCUT2D eigenvalue weighted by molar-refractivity contribution is 5.75. The second kappa shape index (κ2) is 4.99. The molecular formula is C12H15NO3. The Morgan fingerprint density at radius 1 is 1.38 bits per heavy atom. The van der Waals surface area contributed by atoms with Gasteiger partial charge in [0.05, 0.1) is 7.11 Å². The van der Waals surface area contributed by atoms with Crippen LogP contribution < -0.4 is 4.84 Å². The monoisotopic (exact) mass is 221 g/mol. The molecule has 0 N–H and O–H groups in total. The van der Waals surface area contributed by atoms with Crippen LogP contribution in [0.15, 0.2) is 30.3 Å². The molecule has 86 valence electrons. The molecule has 0 radical (unpaired) electrons. The first-order chi connectivity index (χ1) is 7.81. The lowest BCUT2D eigenvalue weighted by molar-refractivity contribution is -0.158. The fraction of sp³-hybridized carbons (Fsp3) is 0.417. The summed E-state index contributed by atoms with van der Waals surface area (Å²) in [5.74, 6) is 0.520. The Labute approximate surface area is 94.7 Å². The Morgan fingerprint density at radius 3 is 2.81 bits per heavy atom. The molecule has 4 heteroatoms. The van der Waals surface area contributed by atoms with E-state index in [1.54, 1.807) is 5.06 Å². The number of hydrogen-bond acceptors (Lipinski definition) is 4. The van der Waals surface area contributed by atoms with E-state index in [1.807, 2.05) is 30.3 Å². The van der Waals surface area contributed by atoms with Crippen molar-refractivity contribution in [1.29, 1.82) is 0 Å². The van der Waals surface area contributed by atoms with Gasteiger partial charge in [-0.1, -0.05) is 18.2 Å². The summed E-state index contributed by atoms with van der Waals surface area (Å²) in [6, 6.07) is 9.19. The van der Waals surface area contributed by atoms with Crippen LogP contribution in [-0.2, 0) is 9.53 Å². The molecule has 0 spiro atoms. The third kappa shape index (κ3) is 2.33. The van der Waals surface area contributed by atoms with Gasteiger partial charge in [-0.05, 0) is 25.0 Å². The molecule has 1 aliphatic rings. The van der Waals surface area contributed by atoms with Crippen molar-refractivity contribution in [3.63, 3.8) is 0 Å². The Kier molecular flexibility index (Phi) is 3.41. The predicted octanol–water partition coefficient (Wildman–Crippen LogP) is 1.62. The van der Waals surface area contributed by atoms with Crippen LogP contribution in [0.5, 0.6) is 5.75 Å². The van der Waals surface area contributed by atoms with Crippen LogP contribution in [0, 0.1) is 0 Å². The van der Waals surface area contributed by atoms with Gasteiger partial charge < -0.3 is 9.57 Å². The molecular weight excluding hydrogens is 206 g/mol. The van der Waals surface area contributed by atoms with Crippen LogP contribution in [0.4, 0.5) is 0 Å². The molecule has 1 aliphatic heterocycles. The first-order valence-electron chi connectivity index (χ1n) is 5.39. The molecule has 0 unspecified atom stereocenters. The Bertz CT molecular complexity index is 353. The maximum absolute atomic E-state index is 11.5. The van der Waals surface area contributed by atoms with Gasteiger partial charge in [-0.3, -0.25) is 4.79 Å². The number of carbonyl (C=O) groups excluding carboxylic acids is 1. The van der Waals surface area contributed by atoms with Gasteiger partial charge in [-0.25, -0.2) is 0 Å². The number of carbonyl (C=O) groups is 1. The lowest BCUT2D eigenvalue weighted by atomic mass is 10.2. The second-order valence-electron chi connectivity index (χ2n) is 3.73. The summed E-state index contributed by atoms with van der Waals surface area (Å²) in [4.78, 5) is 17.1. The van der Waals surface area contributed by atoms with Gasteiger partial charge in [0.2, 0.25) is 0 Å². The third-order valence-corrected chi connectivity index (χ3v) is 2.64. The van der Waals surface area contributed by atoms with Crippen molar-refractivity contribution in [2.75, 3.05) is 13.7 Å². The van der Waals surface area contributed by atoms with Gasteiger partial charge >= 0.3 is 5.97 Å². The summed E-state index contributed by atoms with van der Waals surface area (Å²) in [5, 5.41) is 1.70. The Hall–Kier alpha value is -1.55. The summed E-state index contributed by atoms with van der Waals surface area (Å²) in [6.07, 6.45) is 1.74. The maximum atomic E-state index is 11.5. The number of ether oxygens (including phenoxy) is 1. The van der Waals surface area contributed by atoms with Crippen LogP contribution in [-0.4, -0.2) is 30.7 Å². The highest BCUT2D eigenvalue weighted by atomic mass is 16.7. The standard InChI is InChI=1S/C12H15NO3/c1-15-12(14)11-8-5-9-13(11)16-10-6-3-2-4-7-10/h2-4,6-7,11H,5,8-9H2,1H3/t11-/m0/s1. The van der Waals surface area contributed by atoms with Crippen LogP contribution in [0.3, 0.4) is 0 Å². The maximum Gasteiger partial charge on any atom is 0.326 e. The Balaban J connectivity index is 2.01. The predicted molar refractivity (Wildman–Crippen MR) is 58.8 cm³/mol. The first kappa shape index (κ1) is 11.0. The van der Waals surface area contributed by atoms with Gasteiger partial charge in [-0.15, -0.1) is 5.06 Å². The van der Waals surface area contributed by atoms with E-state index in [2.05, 4.69) is 0 Å². The van der Waals surface area contributed by atoms with E-state index >= 15 is 0 Å². The van der Waals surface area contributed by atoms with Crippen molar-refractivity contribution in [1.82, 2.24) is 5.06 Å². The number of rotatable bonds is 3. The van der Waals surface area contributed by atoms with Crippen molar-refractivity contribution in [3.05, 3.63) is 30.3 Å². The minimum absolute atomic E-state index is 0.228. The fourth-order valence-electron chi connectivity index (χ4n) is 1.84. The van der Waals surface area contributed by atoms with E-state index in [0.29, 0.717) is 0 Å². The molecule has 1 saturated heterocycles. The number of nitrogens with zero attached hydrogens (tertiary/aromatic N) is 1. The van der Waals surface area contributed by atoms with Gasteiger partial charge in [0.25, 0.3) is 0 Å². The summed E-state index contributed by atoms with van der Waals surface area (Å²) < 4.78 is 4.74. The SMILES string of the molecule is COC(=O)[C@@H]1CCCN1Oc1ccccc1. The van der Waals surface area contributed by atoms with Crippen molar-refractivity contribution in [2.24, 2.45) is 0 Å². The zero-order valence-corrected chi connectivity index (χ0v) is 9.26. The largest absolute Gasteiger partial charge is 0.468 e. The lowest BCUT2D eigenvalue weighted by Crippen LogP contribution is -2.39. The summed E-state index contributed by atoms with van der Waals surface area (Å²) in [7, 11) is 1.40. The normalized spacial score (nSPS) is 20.7. The molecule has 1 atom stereocenters. The summed E-state index contributed by atoms with van der Waals surface area (Å²) >= 11 is 0. The topological polar surface area (TPSA) is 38.8 Å². The van der Waals surface area contributed by atoms with Crippen LogP contribution in [0.25, 0.3) is 0 Å². The number of benzene rings is 1. The molecule has 4 nitrogen and oxygen atoms in total. The van der Waals surface area contributed by atoms with Crippen LogP contribution in [0.2, 0.25) is 0 Å². The number of methoxy groups -OCH3 is 1. The average Bonchev–Trinajstić information content (AvgIpc) is 2.77. The number of hydroxylamine groups is 2. The number of para-hydroxylation sites is 1. The van der Waals surface area contributed by atoms with E-state index < -0.39 is 0 Å². The number of hydrogen-bond donors (Lipinski definition) is 0. The van der Waals surface area contributed by atoms with E-state index in [0.717, 1.165) is 25.1 Å². The minimum atomic E-state index is -0.273. The second-order valence-corrected chi connectivity index (χ2v) is 3.73. The molecule has 2 rings (SSSR count). The molecule has 1 fully saturated rings. The highest BCUT2D eigenvalue weighted by Gasteiger charge is 2.33. The first-order valence-corrected chi connectivity index (χ1v) is 5.39. The summed E-state index contributed by atoms with van der Waals surface area (Å²) in [6.45, 7) is 0.759. The zero-order valence-electron chi connectivity index (χ0n) is 9.26. The van der Waals surface area contributed by atoms with Crippen molar-refractivity contribution >= 4 is 5.97 Å². The van der Waals surface area contributed by atoms with E-state index in [9.17, 15) is 4.79 Å². The van der Waals surface area contributed by atoms with Crippen molar-refractivity contribution < 1.29 is 14.4 Å². The van der Waals surface area contributed by atoms with E-state index in [1.165, 1.54) is 7.11 Å². The molecule has 0 saturated carbocycles. The smallest absolute Gasteiger partial charge is 0.326 e.